The molecule has 0 radical (unpaired) electrons. The average Bonchev–Trinajstić information content (AvgIpc) is 3.33. The van der Waals surface area contributed by atoms with E-state index < -0.39 is 0 Å². The molecule has 0 amide bonds. The van der Waals surface area contributed by atoms with Crippen LogP contribution in [0.1, 0.15) is 72.4 Å². The quantitative estimate of drug-likeness (QED) is 0.353. The molecule has 5 rings (SSSR count). The van der Waals surface area contributed by atoms with Crippen molar-refractivity contribution in [1.29, 1.82) is 5.26 Å². The highest BCUT2D eigenvalue weighted by molar-refractivity contribution is 5.87. The number of rotatable bonds is 3. The van der Waals surface area contributed by atoms with Gasteiger partial charge >= 0.3 is 5.97 Å². The number of hydrogen-bond acceptors (Lipinski definition) is 5. The predicted molar refractivity (Wildman–Crippen MR) is 128 cm³/mol. The van der Waals surface area contributed by atoms with Gasteiger partial charge in [-0.15, -0.1) is 0 Å². The molecule has 180 valence electrons. The zero-order chi connectivity index (χ0) is 24.4. The van der Waals surface area contributed by atoms with Gasteiger partial charge in [0.05, 0.1) is 0 Å². The Morgan fingerprint density at radius 2 is 2.09 bits per heavy atom. The fourth-order valence-electron chi connectivity index (χ4n) is 8.65. The summed E-state index contributed by atoms with van der Waals surface area (Å²) in [5.41, 5.74) is 3.72. The van der Waals surface area contributed by atoms with Crippen LogP contribution >= 0.6 is 0 Å². The van der Waals surface area contributed by atoms with Crippen molar-refractivity contribution in [2.45, 2.75) is 72.8 Å². The van der Waals surface area contributed by atoms with Crippen molar-refractivity contribution in [3.05, 3.63) is 35.4 Å². The van der Waals surface area contributed by atoms with Gasteiger partial charge in [-0.3, -0.25) is 9.59 Å². The van der Waals surface area contributed by atoms with Crippen molar-refractivity contribution >= 4 is 18.0 Å². The lowest BCUT2D eigenvalue weighted by atomic mass is 9.46. The second kappa shape index (κ2) is 7.93. The molecule has 4 unspecified atom stereocenters. The van der Waals surface area contributed by atoms with Gasteiger partial charge < -0.3 is 9.30 Å². The minimum Gasteiger partial charge on any atom is -0.462 e. The maximum absolute atomic E-state index is 12.4. The molecule has 0 bridgehead atoms. The Labute approximate surface area is 202 Å². The summed E-state index contributed by atoms with van der Waals surface area (Å²) in [6.07, 6.45) is 11.9. The number of imidazole rings is 1. The van der Waals surface area contributed by atoms with Gasteiger partial charge in [-0.05, 0) is 60.7 Å². The molecular weight excluding hydrogens is 426 g/mol. The van der Waals surface area contributed by atoms with Gasteiger partial charge in [-0.25, -0.2) is 4.98 Å². The van der Waals surface area contributed by atoms with E-state index in [1.165, 1.54) is 12.5 Å². The maximum Gasteiger partial charge on any atom is 0.302 e. The lowest BCUT2D eigenvalue weighted by molar-refractivity contribution is -0.152. The predicted octanol–water partition coefficient (Wildman–Crippen LogP) is 5.16. The van der Waals surface area contributed by atoms with Crippen LogP contribution in [0.2, 0.25) is 0 Å². The topological polar surface area (TPSA) is 85.0 Å². The Morgan fingerprint density at radius 1 is 1.32 bits per heavy atom. The second-order valence-electron chi connectivity index (χ2n) is 11.7. The lowest BCUT2D eigenvalue weighted by Crippen LogP contribution is -2.52. The summed E-state index contributed by atoms with van der Waals surface area (Å²) in [5.74, 6) is 1.71. The minimum atomic E-state index is -0.193. The molecule has 34 heavy (non-hydrogen) atoms. The molecule has 2 fully saturated rings. The largest absolute Gasteiger partial charge is 0.462 e. The van der Waals surface area contributed by atoms with Gasteiger partial charge in [0.25, 0.3) is 0 Å². The summed E-state index contributed by atoms with van der Waals surface area (Å²) in [6.45, 7) is 10.7. The first-order chi connectivity index (χ1) is 16.1. The smallest absolute Gasteiger partial charge is 0.302 e. The number of allylic oxidation sites excluding steroid dienone is 3. The number of aldehydes is 1. The number of ether oxygens (including phenoxy) is 1. The number of carbonyl (C=O) groups is 2. The fraction of sp³-hybridized carbons (Fsp3) is 0.643. The highest BCUT2D eigenvalue weighted by atomic mass is 16.5. The van der Waals surface area contributed by atoms with Crippen LogP contribution < -0.4 is 0 Å². The van der Waals surface area contributed by atoms with Crippen molar-refractivity contribution in [3.63, 3.8) is 0 Å². The van der Waals surface area contributed by atoms with E-state index in [-0.39, 0.29) is 28.8 Å². The number of fused-ring (bicyclic) bond motifs is 5. The van der Waals surface area contributed by atoms with Gasteiger partial charge in [-0.2, -0.15) is 5.26 Å². The summed E-state index contributed by atoms with van der Waals surface area (Å²) in [6, 6.07) is 2.12. The Hall–Kier alpha value is -2.68. The van der Waals surface area contributed by atoms with Crippen LogP contribution in [0.15, 0.2) is 29.7 Å². The van der Waals surface area contributed by atoms with Crippen LogP contribution in [0.25, 0.3) is 5.70 Å². The second-order valence-corrected chi connectivity index (χ2v) is 11.7. The normalized spacial score (nSPS) is 41.0. The van der Waals surface area contributed by atoms with E-state index in [4.69, 9.17) is 4.74 Å². The summed E-state index contributed by atoms with van der Waals surface area (Å²) in [5, 5.41) is 9.30. The molecule has 6 heteroatoms. The van der Waals surface area contributed by atoms with Gasteiger partial charge in [0.1, 0.15) is 24.8 Å². The van der Waals surface area contributed by atoms with Crippen LogP contribution in [-0.4, -0.2) is 27.9 Å². The molecule has 6 nitrogen and oxygen atoms in total. The third kappa shape index (κ3) is 3.16. The van der Waals surface area contributed by atoms with E-state index in [2.05, 4.69) is 44.8 Å². The summed E-state index contributed by atoms with van der Waals surface area (Å²) < 4.78 is 7.62. The number of aromatic nitrogens is 2. The van der Waals surface area contributed by atoms with Crippen molar-refractivity contribution in [1.82, 2.24) is 9.55 Å². The molecular formula is C28H35N3O3. The summed E-state index contributed by atoms with van der Waals surface area (Å²) in [4.78, 5) is 28.3. The first-order valence-corrected chi connectivity index (χ1v) is 12.6. The highest BCUT2D eigenvalue weighted by Crippen LogP contribution is 2.68. The van der Waals surface area contributed by atoms with Gasteiger partial charge in [0.15, 0.2) is 5.69 Å². The Bertz CT molecular complexity index is 1140. The van der Waals surface area contributed by atoms with Crippen LogP contribution in [0, 0.1) is 51.8 Å². The molecule has 0 N–H and O–H groups in total. The molecule has 1 heterocycles. The van der Waals surface area contributed by atoms with Crippen molar-refractivity contribution < 1.29 is 14.3 Å². The van der Waals surface area contributed by atoms with Crippen molar-refractivity contribution in [2.75, 3.05) is 0 Å². The van der Waals surface area contributed by atoms with E-state index >= 15 is 0 Å². The van der Waals surface area contributed by atoms with Gasteiger partial charge in [0, 0.05) is 36.2 Å². The number of nitrogens with zero attached hydrogens (tertiary/aromatic N) is 3. The van der Waals surface area contributed by atoms with E-state index in [1.54, 1.807) is 12.5 Å². The first kappa shape index (κ1) is 23.1. The molecule has 0 spiro atoms. The molecule has 0 aliphatic heterocycles. The number of hydrogen-bond donors (Lipinski definition) is 0. The van der Waals surface area contributed by atoms with Gasteiger partial charge in [0.2, 0.25) is 0 Å². The average molecular weight is 462 g/mol. The van der Waals surface area contributed by atoms with E-state index in [0.717, 1.165) is 49.7 Å². The van der Waals surface area contributed by atoms with Crippen molar-refractivity contribution in [2.24, 2.45) is 40.4 Å². The maximum atomic E-state index is 12.4. The van der Waals surface area contributed by atoms with Crippen LogP contribution in [0.4, 0.5) is 0 Å². The zero-order valence-electron chi connectivity index (χ0n) is 20.9. The SMILES string of the molecule is CC(=O)O[C@@H]1CC2=CCC3C(CC[C@]4(C)C(n5cnc(C#N)c5)=C(C=O)C(C)C34)[C@@]2(C)C[C@@H]1C. The zero-order valence-corrected chi connectivity index (χ0v) is 20.9. The molecule has 4 aliphatic carbocycles. The standard InChI is InChI=1S/C28H35N3O3/c1-16-11-28(5)19(10-24(16)34-18(3)33)6-7-21-23(28)8-9-27(4)25(21)17(2)22(14-32)26(27)31-13-20(12-29)30-15-31/h6,13-17,21,23-25H,7-11H2,1-5H3/t16-,17?,21?,23?,24+,25?,27-,28-/m0/s1. The Kier molecular flexibility index (Phi) is 5.39. The van der Waals surface area contributed by atoms with Gasteiger partial charge in [-0.1, -0.05) is 39.3 Å². The van der Waals surface area contributed by atoms with E-state index in [0.29, 0.717) is 29.4 Å². The number of esters is 1. The molecule has 0 aromatic carbocycles. The first-order valence-electron chi connectivity index (χ1n) is 12.6. The Morgan fingerprint density at radius 3 is 2.74 bits per heavy atom. The van der Waals surface area contributed by atoms with Crippen LogP contribution in [0.3, 0.4) is 0 Å². The molecule has 2 saturated carbocycles. The van der Waals surface area contributed by atoms with Crippen molar-refractivity contribution in [3.8, 4) is 6.07 Å². The van der Waals surface area contributed by atoms with Crippen LogP contribution in [0.5, 0.6) is 0 Å². The van der Waals surface area contributed by atoms with E-state index in [9.17, 15) is 14.9 Å². The molecule has 8 atom stereocenters. The van der Waals surface area contributed by atoms with E-state index in [1.807, 2.05) is 4.57 Å². The lowest BCUT2D eigenvalue weighted by Gasteiger charge is -2.59. The third-order valence-electron chi connectivity index (χ3n) is 9.92. The molecule has 1 aromatic heterocycles. The highest BCUT2D eigenvalue weighted by Gasteiger charge is 2.61. The van der Waals surface area contributed by atoms with Crippen LogP contribution in [-0.2, 0) is 14.3 Å². The number of nitriles is 1. The third-order valence-corrected chi connectivity index (χ3v) is 9.92. The molecule has 4 aliphatic rings. The summed E-state index contributed by atoms with van der Waals surface area (Å²) in [7, 11) is 0. The number of carbonyl (C=O) groups excluding carboxylic acids is 2. The summed E-state index contributed by atoms with van der Waals surface area (Å²) >= 11 is 0. The molecule has 0 saturated heterocycles. The molecule has 1 aromatic rings. The fourth-order valence-corrected chi connectivity index (χ4v) is 8.65. The minimum absolute atomic E-state index is 0.0295. The Balaban J connectivity index is 1.51. The monoisotopic (exact) mass is 461 g/mol.